The minimum Gasteiger partial charge on any atom is -0.325 e. The number of nitrogens with one attached hydrogen (secondary N) is 2. The van der Waals surface area contributed by atoms with Crippen LogP contribution in [0.2, 0.25) is 0 Å². The zero-order valence-corrected chi connectivity index (χ0v) is 15.0. The van der Waals surface area contributed by atoms with Gasteiger partial charge in [0, 0.05) is 17.9 Å². The topological polar surface area (TPSA) is 75.3 Å². The van der Waals surface area contributed by atoms with Gasteiger partial charge in [-0.25, -0.2) is 13.1 Å². The Morgan fingerprint density at radius 1 is 1.26 bits per heavy atom. The first kappa shape index (κ1) is 16.8. The summed E-state index contributed by atoms with van der Waals surface area (Å²) in [6, 6.07) is 4.95. The van der Waals surface area contributed by atoms with Crippen molar-refractivity contribution in [1.82, 2.24) is 4.72 Å². The van der Waals surface area contributed by atoms with Crippen molar-refractivity contribution in [2.24, 2.45) is 11.8 Å². The summed E-state index contributed by atoms with van der Waals surface area (Å²) in [6.07, 6.45) is 6.35. The van der Waals surface area contributed by atoms with Crippen LogP contribution in [0.1, 0.15) is 32.6 Å². The maximum atomic E-state index is 12.7. The zero-order chi connectivity index (χ0) is 16.6. The predicted octanol–water partition coefficient (Wildman–Crippen LogP) is 2.83. The number of amides is 1. The molecule has 0 saturated heterocycles. The normalized spacial score (nSPS) is 26.4. The molecular formula is C16H22N2O3S2. The molecule has 2 aliphatic carbocycles. The first-order chi connectivity index (χ1) is 10.9. The van der Waals surface area contributed by atoms with Gasteiger partial charge in [0.15, 0.2) is 0 Å². The predicted molar refractivity (Wildman–Crippen MR) is 92.1 cm³/mol. The second-order valence-electron chi connectivity index (χ2n) is 6.45. The lowest BCUT2D eigenvalue weighted by molar-refractivity contribution is -0.114. The number of thioether (sulfide) groups is 1. The molecule has 1 aromatic rings. The molecule has 0 radical (unpaired) electrons. The molecule has 3 atom stereocenters. The lowest BCUT2D eigenvalue weighted by atomic mass is 9.96. The number of carbonyl (C=O) groups is 1. The number of hydrogen-bond donors (Lipinski definition) is 2. The highest BCUT2D eigenvalue weighted by molar-refractivity contribution is 7.98. The van der Waals surface area contributed by atoms with Gasteiger partial charge in [-0.1, -0.05) is 6.42 Å². The summed E-state index contributed by atoms with van der Waals surface area (Å²) in [5.41, 5.74) is 0.542. The molecule has 0 unspecified atom stereocenters. The fourth-order valence-corrected chi connectivity index (χ4v) is 5.68. The van der Waals surface area contributed by atoms with Crippen molar-refractivity contribution in [3.8, 4) is 0 Å². The van der Waals surface area contributed by atoms with Gasteiger partial charge in [0.1, 0.15) is 0 Å². The van der Waals surface area contributed by atoms with Gasteiger partial charge in [-0.3, -0.25) is 4.79 Å². The number of rotatable bonds is 5. The Labute approximate surface area is 141 Å². The van der Waals surface area contributed by atoms with E-state index in [1.54, 1.807) is 18.2 Å². The summed E-state index contributed by atoms with van der Waals surface area (Å²) in [5.74, 6) is 0.951. The average molecular weight is 354 g/mol. The SMILES string of the molecule is CSc1ccc(S(=O)(=O)N[C@@H]2C[C@@H]3CC[C@@H]2C3)cc1NC(C)=O. The smallest absolute Gasteiger partial charge is 0.240 e. The largest absolute Gasteiger partial charge is 0.325 e. The van der Waals surface area contributed by atoms with Crippen LogP contribution in [0.5, 0.6) is 0 Å². The summed E-state index contributed by atoms with van der Waals surface area (Å²) < 4.78 is 28.2. The van der Waals surface area contributed by atoms with Crippen molar-refractivity contribution in [1.29, 1.82) is 0 Å². The maximum absolute atomic E-state index is 12.7. The van der Waals surface area contributed by atoms with E-state index in [0.717, 1.165) is 24.2 Å². The molecule has 2 bridgehead atoms. The Bertz CT molecular complexity index is 718. The molecule has 1 aromatic carbocycles. The highest BCUT2D eigenvalue weighted by Gasteiger charge is 2.41. The molecule has 5 nitrogen and oxygen atoms in total. The van der Waals surface area contributed by atoms with E-state index in [4.69, 9.17) is 0 Å². The Morgan fingerprint density at radius 2 is 2.04 bits per heavy atom. The second-order valence-corrected chi connectivity index (χ2v) is 9.01. The minimum absolute atomic E-state index is 0.0585. The summed E-state index contributed by atoms with van der Waals surface area (Å²) in [6.45, 7) is 1.42. The van der Waals surface area contributed by atoms with Crippen LogP contribution < -0.4 is 10.0 Å². The van der Waals surface area contributed by atoms with Gasteiger partial charge in [-0.2, -0.15) is 0 Å². The van der Waals surface area contributed by atoms with Crippen molar-refractivity contribution >= 4 is 33.4 Å². The van der Waals surface area contributed by atoms with E-state index in [2.05, 4.69) is 10.0 Å². The zero-order valence-electron chi connectivity index (χ0n) is 13.3. The molecule has 126 valence electrons. The quantitative estimate of drug-likeness (QED) is 0.797. The summed E-state index contributed by atoms with van der Waals surface area (Å²) in [7, 11) is -3.56. The Kier molecular flexibility index (Phi) is 4.71. The van der Waals surface area contributed by atoms with Crippen LogP contribution in [0, 0.1) is 11.8 Å². The van der Waals surface area contributed by atoms with Gasteiger partial charge in [-0.05, 0) is 55.6 Å². The van der Waals surface area contributed by atoms with Crippen LogP contribution in [0.3, 0.4) is 0 Å². The highest BCUT2D eigenvalue weighted by Crippen LogP contribution is 2.44. The Balaban J connectivity index is 1.83. The minimum atomic E-state index is -3.56. The molecule has 1 amide bonds. The fourth-order valence-electron chi connectivity index (χ4n) is 3.80. The van der Waals surface area contributed by atoms with Crippen molar-refractivity contribution < 1.29 is 13.2 Å². The first-order valence-corrected chi connectivity index (χ1v) is 10.6. The fraction of sp³-hybridized carbons (Fsp3) is 0.562. The van der Waals surface area contributed by atoms with Crippen molar-refractivity contribution in [3.05, 3.63) is 18.2 Å². The van der Waals surface area contributed by atoms with Crippen molar-refractivity contribution in [3.63, 3.8) is 0 Å². The molecule has 2 saturated carbocycles. The number of carbonyl (C=O) groups excluding carboxylic acids is 1. The van der Waals surface area contributed by atoms with E-state index >= 15 is 0 Å². The molecule has 2 N–H and O–H groups in total. The van der Waals surface area contributed by atoms with E-state index in [-0.39, 0.29) is 16.8 Å². The van der Waals surface area contributed by atoms with E-state index in [1.807, 2.05) is 6.26 Å². The van der Waals surface area contributed by atoms with Gasteiger partial charge < -0.3 is 5.32 Å². The van der Waals surface area contributed by atoms with E-state index < -0.39 is 10.0 Å². The molecular weight excluding hydrogens is 332 g/mol. The van der Waals surface area contributed by atoms with Gasteiger partial charge in [0.25, 0.3) is 0 Å². The van der Waals surface area contributed by atoms with Crippen LogP contribution in [0.4, 0.5) is 5.69 Å². The molecule has 0 heterocycles. The second kappa shape index (κ2) is 6.45. The van der Waals surface area contributed by atoms with Crippen LogP contribution in [0.25, 0.3) is 0 Å². The third-order valence-electron chi connectivity index (χ3n) is 4.84. The van der Waals surface area contributed by atoms with E-state index in [1.165, 1.54) is 25.1 Å². The summed E-state index contributed by atoms with van der Waals surface area (Å²) in [5, 5.41) is 2.71. The van der Waals surface area contributed by atoms with Gasteiger partial charge in [0.05, 0.1) is 10.6 Å². The molecule has 2 aliphatic rings. The van der Waals surface area contributed by atoms with E-state index in [0.29, 0.717) is 17.5 Å². The van der Waals surface area contributed by atoms with E-state index in [9.17, 15) is 13.2 Å². The Morgan fingerprint density at radius 3 is 2.61 bits per heavy atom. The molecule has 2 fully saturated rings. The number of sulfonamides is 1. The number of hydrogen-bond acceptors (Lipinski definition) is 4. The van der Waals surface area contributed by atoms with Crippen LogP contribution >= 0.6 is 11.8 Å². The third-order valence-corrected chi connectivity index (χ3v) is 7.12. The summed E-state index contributed by atoms with van der Waals surface area (Å²) in [4.78, 5) is 12.4. The van der Waals surface area contributed by atoms with Gasteiger partial charge in [0.2, 0.25) is 15.9 Å². The molecule has 0 spiro atoms. The number of anilines is 1. The molecule has 0 aliphatic heterocycles. The monoisotopic (exact) mass is 354 g/mol. The van der Waals surface area contributed by atoms with Crippen LogP contribution in [-0.2, 0) is 14.8 Å². The standard InChI is InChI=1S/C16H22N2O3S2/c1-10(19)17-15-9-13(5-6-16(15)22-2)23(20,21)18-14-8-11-3-4-12(14)7-11/h5-6,9,11-12,14,18H,3-4,7-8H2,1-2H3,(H,17,19)/t11-,12-,14-/m1/s1. The van der Waals surface area contributed by atoms with Crippen LogP contribution in [0.15, 0.2) is 28.0 Å². The highest BCUT2D eigenvalue weighted by atomic mass is 32.2. The molecule has 0 aromatic heterocycles. The molecule has 23 heavy (non-hydrogen) atoms. The average Bonchev–Trinajstić information content (AvgIpc) is 3.08. The summed E-state index contributed by atoms with van der Waals surface area (Å²) >= 11 is 1.47. The van der Waals surface area contributed by atoms with Crippen molar-refractivity contribution in [2.75, 3.05) is 11.6 Å². The molecule has 3 rings (SSSR count). The number of fused-ring (bicyclic) bond motifs is 2. The molecule has 7 heteroatoms. The Hall–Kier alpha value is -1.05. The third kappa shape index (κ3) is 3.56. The van der Waals surface area contributed by atoms with Gasteiger partial charge in [-0.15, -0.1) is 11.8 Å². The van der Waals surface area contributed by atoms with Crippen molar-refractivity contribution in [2.45, 2.75) is 48.4 Å². The maximum Gasteiger partial charge on any atom is 0.240 e. The van der Waals surface area contributed by atoms with Gasteiger partial charge >= 0.3 is 0 Å². The lowest BCUT2D eigenvalue weighted by Gasteiger charge is -2.23. The van der Waals surface area contributed by atoms with Crippen LogP contribution in [-0.4, -0.2) is 26.6 Å². The number of benzene rings is 1. The lowest BCUT2D eigenvalue weighted by Crippen LogP contribution is -2.38. The first-order valence-electron chi connectivity index (χ1n) is 7.87.